The van der Waals surface area contributed by atoms with Gasteiger partial charge in [0.1, 0.15) is 24.7 Å². The molecule has 0 fully saturated rings. The number of nitrogens with one attached hydrogen (secondary N) is 1. The summed E-state index contributed by atoms with van der Waals surface area (Å²) >= 11 is 2.14. The van der Waals surface area contributed by atoms with Crippen molar-refractivity contribution in [2.24, 2.45) is 0 Å². The Kier molecular flexibility index (Phi) is 8.34. The normalized spacial score (nSPS) is 10.9. The largest absolute Gasteiger partial charge is 0.497 e. The molecule has 0 saturated heterocycles. The number of carbonyl (C=O) groups excluding carboxylic acids is 1. The van der Waals surface area contributed by atoms with E-state index in [1.165, 1.54) is 12.1 Å². The molecule has 0 aromatic heterocycles. The number of rotatable bonds is 10. The van der Waals surface area contributed by atoms with E-state index in [2.05, 4.69) is 27.9 Å². The predicted octanol–water partition coefficient (Wildman–Crippen LogP) is 3.69. The van der Waals surface area contributed by atoms with Crippen LogP contribution in [-0.4, -0.2) is 41.1 Å². The zero-order chi connectivity index (χ0) is 23.0. The van der Waals surface area contributed by atoms with Gasteiger partial charge in [-0.1, -0.05) is 18.2 Å². The molecule has 0 saturated carbocycles. The van der Waals surface area contributed by atoms with Crippen molar-refractivity contribution in [3.05, 3.63) is 82.4 Å². The van der Waals surface area contributed by atoms with Crippen molar-refractivity contribution in [3.8, 4) is 11.5 Å². The van der Waals surface area contributed by atoms with Gasteiger partial charge in [-0.2, -0.15) is 0 Å². The predicted molar refractivity (Wildman–Crippen MR) is 132 cm³/mol. The summed E-state index contributed by atoms with van der Waals surface area (Å²) in [5, 5.41) is 2.71. The number of nitrogens with zero attached hydrogens (tertiary/aromatic N) is 1. The molecule has 168 valence electrons. The molecule has 0 aliphatic rings. The Labute approximate surface area is 201 Å². The second-order valence-corrected chi connectivity index (χ2v) is 9.78. The van der Waals surface area contributed by atoms with E-state index in [9.17, 15) is 13.2 Å². The number of amides is 1. The van der Waals surface area contributed by atoms with Gasteiger partial charge in [-0.3, -0.25) is 9.10 Å². The first kappa shape index (κ1) is 23.9. The highest BCUT2D eigenvalue weighted by atomic mass is 127. The number of hydrogen-bond acceptors (Lipinski definition) is 5. The van der Waals surface area contributed by atoms with Gasteiger partial charge in [0.05, 0.1) is 24.2 Å². The first-order valence-electron chi connectivity index (χ1n) is 9.77. The third-order valence-corrected chi connectivity index (χ3v) is 6.99. The van der Waals surface area contributed by atoms with Crippen molar-refractivity contribution in [2.75, 3.05) is 31.1 Å². The molecule has 0 aliphatic heterocycles. The van der Waals surface area contributed by atoms with Gasteiger partial charge in [0, 0.05) is 3.57 Å². The summed E-state index contributed by atoms with van der Waals surface area (Å²) < 4.78 is 39.2. The summed E-state index contributed by atoms with van der Waals surface area (Å²) in [6.07, 6.45) is 0. The Morgan fingerprint density at radius 3 is 2.19 bits per heavy atom. The lowest BCUT2D eigenvalue weighted by Crippen LogP contribution is -2.41. The van der Waals surface area contributed by atoms with Gasteiger partial charge < -0.3 is 14.8 Å². The number of anilines is 1. The van der Waals surface area contributed by atoms with Crippen LogP contribution in [0.25, 0.3) is 0 Å². The minimum Gasteiger partial charge on any atom is -0.497 e. The highest BCUT2D eigenvalue weighted by Crippen LogP contribution is 2.24. The van der Waals surface area contributed by atoms with Crippen LogP contribution in [0, 0.1) is 3.57 Å². The van der Waals surface area contributed by atoms with Crippen LogP contribution in [0.3, 0.4) is 0 Å². The van der Waals surface area contributed by atoms with Crippen molar-refractivity contribution in [1.82, 2.24) is 5.32 Å². The Morgan fingerprint density at radius 1 is 0.938 bits per heavy atom. The van der Waals surface area contributed by atoms with Gasteiger partial charge in [-0.15, -0.1) is 0 Å². The van der Waals surface area contributed by atoms with Crippen LogP contribution in [-0.2, 0) is 14.8 Å². The van der Waals surface area contributed by atoms with Crippen LogP contribution in [0.1, 0.15) is 0 Å². The highest BCUT2D eigenvalue weighted by molar-refractivity contribution is 14.1. The molecule has 0 atom stereocenters. The third-order valence-electron chi connectivity index (χ3n) is 4.49. The van der Waals surface area contributed by atoms with E-state index in [0.717, 1.165) is 13.6 Å². The molecule has 0 heterocycles. The minimum absolute atomic E-state index is 0.120. The summed E-state index contributed by atoms with van der Waals surface area (Å²) in [5.74, 6) is 0.939. The van der Waals surface area contributed by atoms with Crippen LogP contribution in [0.5, 0.6) is 11.5 Å². The van der Waals surface area contributed by atoms with E-state index in [1.807, 2.05) is 0 Å². The lowest BCUT2D eigenvalue weighted by Gasteiger charge is -2.24. The van der Waals surface area contributed by atoms with E-state index < -0.39 is 15.9 Å². The monoisotopic (exact) mass is 566 g/mol. The molecule has 32 heavy (non-hydrogen) atoms. The smallest absolute Gasteiger partial charge is 0.264 e. The highest BCUT2D eigenvalue weighted by Gasteiger charge is 2.27. The average molecular weight is 566 g/mol. The fourth-order valence-electron chi connectivity index (χ4n) is 2.86. The molecule has 1 N–H and O–H groups in total. The Hall–Kier alpha value is -2.79. The van der Waals surface area contributed by atoms with Gasteiger partial charge in [-0.05, 0) is 83.3 Å². The Bertz CT molecular complexity index is 1120. The van der Waals surface area contributed by atoms with E-state index in [0.29, 0.717) is 11.4 Å². The van der Waals surface area contributed by atoms with Crippen LogP contribution < -0.4 is 19.1 Å². The van der Waals surface area contributed by atoms with Crippen LogP contribution >= 0.6 is 22.6 Å². The van der Waals surface area contributed by atoms with Crippen molar-refractivity contribution >= 4 is 44.2 Å². The van der Waals surface area contributed by atoms with E-state index in [4.69, 9.17) is 9.47 Å². The van der Waals surface area contributed by atoms with Crippen molar-refractivity contribution < 1.29 is 22.7 Å². The van der Waals surface area contributed by atoms with E-state index in [1.54, 1.807) is 73.8 Å². The molecule has 3 aromatic carbocycles. The molecule has 3 aromatic rings. The number of methoxy groups -OCH3 is 1. The summed E-state index contributed by atoms with van der Waals surface area (Å²) in [7, 11) is -2.33. The van der Waals surface area contributed by atoms with Gasteiger partial charge in [0.25, 0.3) is 10.0 Å². The van der Waals surface area contributed by atoms with Gasteiger partial charge >= 0.3 is 0 Å². The molecule has 1 amide bonds. The topological polar surface area (TPSA) is 84.9 Å². The number of benzene rings is 3. The van der Waals surface area contributed by atoms with Crippen molar-refractivity contribution in [2.45, 2.75) is 4.90 Å². The Balaban J connectivity index is 1.65. The maximum atomic E-state index is 13.2. The molecule has 3 rings (SSSR count). The molecular formula is C23H23IN2O5S. The lowest BCUT2D eigenvalue weighted by molar-refractivity contribution is -0.119. The molecule has 0 bridgehead atoms. The fraction of sp³-hybridized carbons (Fsp3) is 0.174. The zero-order valence-corrected chi connectivity index (χ0v) is 20.4. The first-order valence-corrected chi connectivity index (χ1v) is 12.3. The van der Waals surface area contributed by atoms with E-state index in [-0.39, 0.29) is 24.6 Å². The molecule has 9 heteroatoms. The first-order chi connectivity index (χ1) is 15.4. The molecule has 0 aliphatic carbocycles. The van der Waals surface area contributed by atoms with Gasteiger partial charge in [0.15, 0.2) is 0 Å². The third kappa shape index (κ3) is 6.36. The van der Waals surface area contributed by atoms with Crippen LogP contribution in [0.15, 0.2) is 83.8 Å². The SMILES string of the molecule is COc1ccc(OCCNC(=O)CN(c2ccc(I)cc2)S(=O)(=O)c2ccccc2)cc1. The summed E-state index contributed by atoms with van der Waals surface area (Å²) in [6.45, 7) is 0.129. The van der Waals surface area contributed by atoms with E-state index >= 15 is 0 Å². The lowest BCUT2D eigenvalue weighted by atomic mass is 10.3. The summed E-state index contributed by atoms with van der Waals surface area (Å²) in [5.41, 5.74) is 0.416. The summed E-state index contributed by atoms with van der Waals surface area (Å²) in [4.78, 5) is 12.7. The maximum Gasteiger partial charge on any atom is 0.264 e. The summed E-state index contributed by atoms with van der Waals surface area (Å²) in [6, 6.07) is 22.1. The van der Waals surface area contributed by atoms with Crippen LogP contribution in [0.2, 0.25) is 0 Å². The molecule has 0 spiro atoms. The van der Waals surface area contributed by atoms with Crippen molar-refractivity contribution in [1.29, 1.82) is 0 Å². The quantitative estimate of drug-likeness (QED) is 0.299. The fourth-order valence-corrected chi connectivity index (χ4v) is 4.66. The molecule has 0 radical (unpaired) electrons. The number of hydrogen-bond donors (Lipinski definition) is 1. The molecule has 7 nitrogen and oxygen atoms in total. The van der Waals surface area contributed by atoms with Gasteiger partial charge in [0.2, 0.25) is 5.91 Å². The zero-order valence-electron chi connectivity index (χ0n) is 17.4. The standard InChI is InChI=1S/C23H23IN2O5S/c1-30-20-11-13-21(14-12-20)31-16-15-25-23(27)17-26(19-9-7-18(24)8-10-19)32(28,29)22-5-3-2-4-6-22/h2-14H,15-17H2,1H3,(H,25,27). The maximum absolute atomic E-state index is 13.2. The average Bonchev–Trinajstić information content (AvgIpc) is 2.82. The minimum atomic E-state index is -3.92. The number of ether oxygens (including phenoxy) is 2. The molecular weight excluding hydrogens is 543 g/mol. The number of sulfonamides is 1. The van der Waals surface area contributed by atoms with Gasteiger partial charge in [-0.25, -0.2) is 8.42 Å². The van der Waals surface area contributed by atoms with Crippen LogP contribution in [0.4, 0.5) is 5.69 Å². The number of halogens is 1. The number of carbonyl (C=O) groups is 1. The molecule has 0 unspecified atom stereocenters. The second-order valence-electron chi connectivity index (χ2n) is 6.68. The second kappa shape index (κ2) is 11.2. The Morgan fingerprint density at radius 2 is 1.56 bits per heavy atom. The van der Waals surface area contributed by atoms with Crippen molar-refractivity contribution in [3.63, 3.8) is 0 Å².